The van der Waals surface area contributed by atoms with Crippen LogP contribution in [0.3, 0.4) is 0 Å². The highest BCUT2D eigenvalue weighted by Gasteiger charge is 2.17. The summed E-state index contributed by atoms with van der Waals surface area (Å²) in [5.41, 5.74) is 0.968. The molecule has 0 amide bonds. The fraction of sp³-hybridized carbons (Fsp3) is 0.133. The molecule has 2 aromatic carbocycles. The fourth-order valence-electron chi connectivity index (χ4n) is 2.17. The van der Waals surface area contributed by atoms with Crippen LogP contribution in [0.4, 0.5) is 0 Å². The number of benzene rings is 2. The van der Waals surface area contributed by atoms with Crippen LogP contribution in [0, 0.1) is 0 Å². The van der Waals surface area contributed by atoms with E-state index in [0.29, 0.717) is 18.1 Å². The smallest absolute Gasteiger partial charge is 0.308 e. The SMILES string of the molecule is CC(=O)Oc1cc2ccccc2c2c1OCC=C2. The molecule has 0 N–H and O–H groups in total. The van der Waals surface area contributed by atoms with Gasteiger partial charge in [0.05, 0.1) is 0 Å². The van der Waals surface area contributed by atoms with Crippen LogP contribution in [-0.2, 0) is 4.79 Å². The molecule has 1 heterocycles. The van der Waals surface area contributed by atoms with Crippen LogP contribution >= 0.6 is 0 Å². The molecule has 0 atom stereocenters. The van der Waals surface area contributed by atoms with E-state index < -0.39 is 0 Å². The summed E-state index contributed by atoms with van der Waals surface area (Å²) in [6.45, 7) is 1.89. The van der Waals surface area contributed by atoms with E-state index >= 15 is 0 Å². The first kappa shape index (κ1) is 10.8. The van der Waals surface area contributed by atoms with Gasteiger partial charge in [0.2, 0.25) is 0 Å². The van der Waals surface area contributed by atoms with E-state index in [-0.39, 0.29) is 5.97 Å². The number of hydrogen-bond donors (Lipinski definition) is 0. The molecular formula is C15H12O3. The molecule has 0 saturated carbocycles. The summed E-state index contributed by atoms with van der Waals surface area (Å²) in [5, 5.41) is 2.13. The molecule has 0 saturated heterocycles. The molecule has 1 aliphatic rings. The first-order chi connectivity index (χ1) is 8.75. The Morgan fingerprint density at radius 3 is 3.00 bits per heavy atom. The Bertz CT molecular complexity index is 656. The lowest BCUT2D eigenvalue weighted by molar-refractivity contribution is -0.132. The van der Waals surface area contributed by atoms with Crippen molar-refractivity contribution >= 4 is 22.8 Å². The summed E-state index contributed by atoms with van der Waals surface area (Å²) < 4.78 is 10.8. The maximum Gasteiger partial charge on any atom is 0.308 e. The lowest BCUT2D eigenvalue weighted by Gasteiger charge is -2.18. The highest BCUT2D eigenvalue weighted by molar-refractivity contribution is 5.96. The minimum Gasteiger partial charge on any atom is -0.485 e. The molecule has 2 aromatic rings. The number of ether oxygens (including phenoxy) is 2. The number of fused-ring (bicyclic) bond motifs is 3. The molecule has 18 heavy (non-hydrogen) atoms. The van der Waals surface area contributed by atoms with Crippen molar-refractivity contribution < 1.29 is 14.3 Å². The molecule has 1 aliphatic heterocycles. The molecule has 3 rings (SSSR count). The van der Waals surface area contributed by atoms with Crippen LogP contribution in [0.1, 0.15) is 12.5 Å². The topological polar surface area (TPSA) is 35.5 Å². The first-order valence-electron chi connectivity index (χ1n) is 5.79. The van der Waals surface area contributed by atoms with Gasteiger partial charge in [0.15, 0.2) is 11.5 Å². The van der Waals surface area contributed by atoms with Crippen LogP contribution < -0.4 is 9.47 Å². The number of rotatable bonds is 1. The van der Waals surface area contributed by atoms with Crippen molar-refractivity contribution in [2.45, 2.75) is 6.92 Å². The van der Waals surface area contributed by atoms with E-state index in [1.165, 1.54) is 6.92 Å². The van der Waals surface area contributed by atoms with Gasteiger partial charge in [-0.1, -0.05) is 30.3 Å². The van der Waals surface area contributed by atoms with Gasteiger partial charge in [-0.05, 0) is 22.9 Å². The van der Waals surface area contributed by atoms with Gasteiger partial charge < -0.3 is 9.47 Å². The van der Waals surface area contributed by atoms with Gasteiger partial charge in [0.1, 0.15) is 6.61 Å². The molecule has 0 aliphatic carbocycles. The van der Waals surface area contributed by atoms with Gasteiger partial charge in [-0.15, -0.1) is 0 Å². The van der Waals surface area contributed by atoms with Crippen molar-refractivity contribution in [3.8, 4) is 11.5 Å². The zero-order chi connectivity index (χ0) is 12.5. The number of carbonyl (C=O) groups excluding carboxylic acids is 1. The third-order valence-corrected chi connectivity index (χ3v) is 2.87. The van der Waals surface area contributed by atoms with E-state index in [1.807, 2.05) is 42.5 Å². The van der Waals surface area contributed by atoms with E-state index in [2.05, 4.69) is 0 Å². The minimum absolute atomic E-state index is 0.342. The highest BCUT2D eigenvalue weighted by Crippen LogP contribution is 2.40. The van der Waals surface area contributed by atoms with Crippen molar-refractivity contribution in [3.63, 3.8) is 0 Å². The Morgan fingerprint density at radius 1 is 1.33 bits per heavy atom. The summed E-state index contributed by atoms with van der Waals surface area (Å²) in [6.07, 6.45) is 3.96. The van der Waals surface area contributed by atoms with E-state index in [9.17, 15) is 4.79 Å². The predicted octanol–water partition coefficient (Wildman–Crippen LogP) is 3.17. The van der Waals surface area contributed by atoms with Crippen molar-refractivity contribution in [1.82, 2.24) is 0 Å². The Hall–Kier alpha value is -2.29. The highest BCUT2D eigenvalue weighted by atomic mass is 16.6. The van der Waals surface area contributed by atoms with Crippen molar-refractivity contribution in [2.75, 3.05) is 6.61 Å². The summed E-state index contributed by atoms with van der Waals surface area (Å²) in [4.78, 5) is 11.1. The third-order valence-electron chi connectivity index (χ3n) is 2.87. The Labute approximate surface area is 105 Å². The molecule has 0 fully saturated rings. The zero-order valence-electron chi connectivity index (χ0n) is 9.97. The molecule has 0 unspecified atom stereocenters. The quantitative estimate of drug-likeness (QED) is 0.567. The van der Waals surface area contributed by atoms with Crippen LogP contribution in [0.5, 0.6) is 11.5 Å². The molecule has 90 valence electrons. The summed E-state index contributed by atoms with van der Waals surface area (Å²) >= 11 is 0. The monoisotopic (exact) mass is 240 g/mol. The maximum absolute atomic E-state index is 11.1. The van der Waals surface area contributed by atoms with Gasteiger partial charge >= 0.3 is 5.97 Å². The summed E-state index contributed by atoms with van der Waals surface area (Å²) in [5.74, 6) is 0.789. The standard InChI is InChI=1S/C15H12O3/c1-10(16)18-14-9-11-5-2-3-6-12(11)13-7-4-8-17-15(13)14/h2-7,9H,8H2,1H3. The van der Waals surface area contributed by atoms with Crippen LogP contribution in [0.2, 0.25) is 0 Å². The molecular weight excluding hydrogens is 228 g/mol. The number of hydrogen-bond acceptors (Lipinski definition) is 3. The van der Waals surface area contributed by atoms with E-state index in [0.717, 1.165) is 16.3 Å². The second-order valence-corrected chi connectivity index (χ2v) is 4.15. The third kappa shape index (κ3) is 1.74. The van der Waals surface area contributed by atoms with Crippen LogP contribution in [-0.4, -0.2) is 12.6 Å². The molecule has 0 bridgehead atoms. The number of carbonyl (C=O) groups is 1. The van der Waals surface area contributed by atoms with Crippen molar-refractivity contribution in [2.24, 2.45) is 0 Å². The van der Waals surface area contributed by atoms with Gasteiger partial charge in [-0.25, -0.2) is 0 Å². The first-order valence-corrected chi connectivity index (χ1v) is 5.79. The molecule has 3 heteroatoms. The Morgan fingerprint density at radius 2 is 2.17 bits per heavy atom. The molecule has 3 nitrogen and oxygen atoms in total. The predicted molar refractivity (Wildman–Crippen MR) is 69.8 cm³/mol. The molecule has 0 spiro atoms. The Balaban J connectivity index is 2.30. The van der Waals surface area contributed by atoms with E-state index in [1.54, 1.807) is 0 Å². The largest absolute Gasteiger partial charge is 0.485 e. The summed E-state index contributed by atoms with van der Waals surface area (Å²) in [7, 11) is 0. The zero-order valence-corrected chi connectivity index (χ0v) is 9.97. The average molecular weight is 240 g/mol. The van der Waals surface area contributed by atoms with Gasteiger partial charge in [0, 0.05) is 12.5 Å². The molecule has 0 radical (unpaired) electrons. The fourth-order valence-corrected chi connectivity index (χ4v) is 2.17. The lowest BCUT2D eigenvalue weighted by Crippen LogP contribution is -2.07. The lowest BCUT2D eigenvalue weighted by atomic mass is 10.0. The van der Waals surface area contributed by atoms with Crippen LogP contribution in [0.15, 0.2) is 36.4 Å². The van der Waals surface area contributed by atoms with Crippen molar-refractivity contribution in [3.05, 3.63) is 42.0 Å². The van der Waals surface area contributed by atoms with Crippen molar-refractivity contribution in [1.29, 1.82) is 0 Å². The van der Waals surface area contributed by atoms with Gasteiger partial charge in [-0.2, -0.15) is 0 Å². The second-order valence-electron chi connectivity index (χ2n) is 4.15. The second kappa shape index (κ2) is 4.18. The van der Waals surface area contributed by atoms with E-state index in [4.69, 9.17) is 9.47 Å². The summed E-state index contributed by atoms with van der Waals surface area (Å²) in [6, 6.07) is 9.81. The average Bonchev–Trinajstić information content (AvgIpc) is 2.38. The minimum atomic E-state index is -0.342. The molecule has 0 aromatic heterocycles. The van der Waals surface area contributed by atoms with Gasteiger partial charge in [0.25, 0.3) is 0 Å². The normalized spacial score (nSPS) is 12.9. The van der Waals surface area contributed by atoms with Gasteiger partial charge in [-0.3, -0.25) is 4.79 Å². The maximum atomic E-state index is 11.1. The number of esters is 1. The van der Waals surface area contributed by atoms with Crippen LogP contribution in [0.25, 0.3) is 16.8 Å². The Kier molecular flexibility index (Phi) is 2.52.